The molecule has 192 valence electrons. The van der Waals surface area contributed by atoms with Crippen molar-refractivity contribution >= 4 is 35.6 Å². The Hall–Kier alpha value is -4.20. The minimum absolute atomic E-state index is 0.0394. The largest absolute Gasteiger partial charge is 0.508 e. The van der Waals surface area contributed by atoms with Crippen LogP contribution in [-0.2, 0) is 35.2 Å². The van der Waals surface area contributed by atoms with Gasteiger partial charge in [0.1, 0.15) is 23.9 Å². The van der Waals surface area contributed by atoms with Gasteiger partial charge in [0.25, 0.3) is 0 Å². The van der Waals surface area contributed by atoms with Crippen molar-refractivity contribution in [1.29, 1.82) is 0 Å². The van der Waals surface area contributed by atoms with Crippen LogP contribution in [0.5, 0.6) is 5.75 Å². The average molecular weight is 495 g/mol. The number of rotatable bonds is 14. The monoisotopic (exact) mass is 495 g/mol. The number of nitrogens with two attached hydrogens (primary N) is 2. The number of aromatic hydroxyl groups is 1. The van der Waals surface area contributed by atoms with E-state index < -0.39 is 72.6 Å². The van der Waals surface area contributed by atoms with Gasteiger partial charge in [0, 0.05) is 12.8 Å². The second-order valence-corrected chi connectivity index (χ2v) is 7.78. The molecular weight excluding hydrogens is 466 g/mol. The van der Waals surface area contributed by atoms with Crippen LogP contribution in [0.15, 0.2) is 24.3 Å². The Labute approximate surface area is 200 Å². The summed E-state index contributed by atoms with van der Waals surface area (Å²) in [5, 5.41) is 34.4. The number of carbonyl (C=O) groups is 6. The Kier molecular flexibility index (Phi) is 11.1. The Morgan fingerprint density at radius 3 is 1.86 bits per heavy atom. The van der Waals surface area contributed by atoms with Crippen molar-refractivity contribution in [3.63, 3.8) is 0 Å². The lowest BCUT2D eigenvalue weighted by atomic mass is 10.0. The molecule has 0 bridgehead atoms. The molecule has 0 spiro atoms. The van der Waals surface area contributed by atoms with Gasteiger partial charge < -0.3 is 42.7 Å². The van der Waals surface area contributed by atoms with Crippen LogP contribution in [0.1, 0.15) is 31.7 Å². The standard InChI is InChI=1S/C21H29N5O9/c1-10(22)18(31)24-13(6-7-17(29)30)19(32)25-14(9-16(23)28)20(33)26-15(21(34)35)8-11-2-4-12(27)5-3-11/h2-5,10,13-15,27H,6-9,22H2,1H3,(H2,23,28)(H,24,31)(H,25,32)(H,26,33)(H,29,30)(H,34,35). The van der Waals surface area contributed by atoms with Gasteiger partial charge in [0.2, 0.25) is 23.6 Å². The number of hydrogen-bond donors (Lipinski definition) is 8. The molecule has 4 atom stereocenters. The number of benzene rings is 1. The van der Waals surface area contributed by atoms with Crippen LogP contribution in [-0.4, -0.2) is 75.1 Å². The summed E-state index contributed by atoms with van der Waals surface area (Å²) >= 11 is 0. The fourth-order valence-electron chi connectivity index (χ4n) is 2.86. The summed E-state index contributed by atoms with van der Waals surface area (Å²) in [5.74, 6) is -6.47. The number of carbonyl (C=O) groups excluding carboxylic acids is 4. The molecule has 35 heavy (non-hydrogen) atoms. The van der Waals surface area contributed by atoms with E-state index in [1.54, 1.807) is 0 Å². The molecule has 14 nitrogen and oxygen atoms in total. The van der Waals surface area contributed by atoms with Gasteiger partial charge in [-0.25, -0.2) is 4.79 Å². The number of aliphatic carboxylic acids is 2. The van der Waals surface area contributed by atoms with Crippen molar-refractivity contribution in [1.82, 2.24) is 16.0 Å². The van der Waals surface area contributed by atoms with Gasteiger partial charge >= 0.3 is 11.9 Å². The zero-order valence-corrected chi connectivity index (χ0v) is 18.9. The van der Waals surface area contributed by atoms with E-state index in [0.717, 1.165) is 0 Å². The molecule has 4 unspecified atom stereocenters. The molecular formula is C21H29N5O9. The molecule has 1 aromatic carbocycles. The van der Waals surface area contributed by atoms with E-state index >= 15 is 0 Å². The van der Waals surface area contributed by atoms with Gasteiger partial charge in [0.05, 0.1) is 12.5 Å². The molecule has 0 aliphatic rings. The third-order valence-electron chi connectivity index (χ3n) is 4.72. The van der Waals surface area contributed by atoms with Gasteiger partial charge in [-0.3, -0.25) is 24.0 Å². The molecule has 0 radical (unpaired) electrons. The van der Waals surface area contributed by atoms with Crippen LogP contribution in [0.25, 0.3) is 0 Å². The molecule has 14 heteroatoms. The zero-order valence-electron chi connectivity index (χ0n) is 18.9. The molecule has 10 N–H and O–H groups in total. The molecule has 0 saturated heterocycles. The van der Waals surface area contributed by atoms with Crippen molar-refractivity contribution in [3.05, 3.63) is 29.8 Å². The second kappa shape index (κ2) is 13.5. The van der Waals surface area contributed by atoms with E-state index in [0.29, 0.717) is 5.56 Å². The van der Waals surface area contributed by atoms with Crippen molar-refractivity contribution in [2.24, 2.45) is 11.5 Å². The van der Waals surface area contributed by atoms with Crippen molar-refractivity contribution < 1.29 is 44.1 Å². The summed E-state index contributed by atoms with van der Waals surface area (Å²) in [6, 6.07) is 0.0832. The molecule has 4 amide bonds. The maximum Gasteiger partial charge on any atom is 0.326 e. The van der Waals surface area contributed by atoms with Gasteiger partial charge in [-0.15, -0.1) is 0 Å². The first-order chi connectivity index (χ1) is 16.3. The molecule has 0 aliphatic heterocycles. The second-order valence-electron chi connectivity index (χ2n) is 7.78. The minimum atomic E-state index is -1.61. The highest BCUT2D eigenvalue weighted by Crippen LogP contribution is 2.12. The van der Waals surface area contributed by atoms with E-state index in [1.807, 2.05) is 0 Å². The van der Waals surface area contributed by atoms with Crippen LogP contribution in [0.3, 0.4) is 0 Å². The lowest BCUT2D eigenvalue weighted by Crippen LogP contribution is -2.57. The summed E-state index contributed by atoms with van der Waals surface area (Å²) in [7, 11) is 0. The first kappa shape index (κ1) is 28.8. The van der Waals surface area contributed by atoms with E-state index in [-0.39, 0.29) is 18.6 Å². The SMILES string of the molecule is CC(N)C(=O)NC(CCC(=O)O)C(=O)NC(CC(N)=O)C(=O)NC(Cc1ccc(O)cc1)C(=O)O. The summed E-state index contributed by atoms with van der Waals surface area (Å²) in [6.07, 6.45) is -1.72. The minimum Gasteiger partial charge on any atom is -0.508 e. The fourth-order valence-corrected chi connectivity index (χ4v) is 2.86. The smallest absolute Gasteiger partial charge is 0.326 e. The number of amides is 4. The highest BCUT2D eigenvalue weighted by atomic mass is 16.4. The predicted octanol–water partition coefficient (Wildman–Crippen LogP) is -2.44. The number of nitrogens with one attached hydrogen (secondary N) is 3. The maximum absolute atomic E-state index is 12.8. The molecule has 0 saturated carbocycles. The third-order valence-corrected chi connectivity index (χ3v) is 4.72. The van der Waals surface area contributed by atoms with Crippen LogP contribution in [0.4, 0.5) is 0 Å². The van der Waals surface area contributed by atoms with E-state index in [2.05, 4.69) is 16.0 Å². The lowest BCUT2D eigenvalue weighted by molar-refractivity contribution is -0.142. The molecule has 0 fully saturated rings. The normalized spacial score (nSPS) is 14.0. The first-order valence-corrected chi connectivity index (χ1v) is 10.5. The van der Waals surface area contributed by atoms with Gasteiger partial charge in [-0.05, 0) is 31.0 Å². The molecule has 0 heterocycles. The lowest BCUT2D eigenvalue weighted by Gasteiger charge is -2.24. The van der Waals surface area contributed by atoms with Crippen LogP contribution in [0.2, 0.25) is 0 Å². The van der Waals surface area contributed by atoms with Crippen molar-refractivity contribution in [2.75, 3.05) is 0 Å². The highest BCUT2D eigenvalue weighted by Gasteiger charge is 2.31. The molecule has 1 aromatic rings. The summed E-state index contributed by atoms with van der Waals surface area (Å²) in [4.78, 5) is 71.4. The number of phenolic OH excluding ortho intramolecular Hbond substituents is 1. The van der Waals surface area contributed by atoms with Crippen LogP contribution >= 0.6 is 0 Å². The summed E-state index contributed by atoms with van der Waals surface area (Å²) in [6.45, 7) is 1.34. The Morgan fingerprint density at radius 2 is 1.37 bits per heavy atom. The van der Waals surface area contributed by atoms with Crippen molar-refractivity contribution in [3.8, 4) is 5.75 Å². The Balaban J connectivity index is 3.02. The van der Waals surface area contributed by atoms with E-state index in [4.69, 9.17) is 16.6 Å². The molecule has 0 aromatic heterocycles. The zero-order chi connectivity index (χ0) is 26.7. The fraction of sp³-hybridized carbons (Fsp3) is 0.429. The van der Waals surface area contributed by atoms with E-state index in [1.165, 1.54) is 31.2 Å². The number of carboxylic acid groups (broad SMARTS) is 2. The van der Waals surface area contributed by atoms with Gasteiger partial charge in [-0.2, -0.15) is 0 Å². The molecule has 1 rings (SSSR count). The number of primary amides is 1. The number of hydrogen-bond acceptors (Lipinski definition) is 8. The van der Waals surface area contributed by atoms with Crippen molar-refractivity contribution in [2.45, 2.75) is 56.8 Å². The number of phenols is 1. The van der Waals surface area contributed by atoms with E-state index in [9.17, 15) is 39.0 Å². The Morgan fingerprint density at radius 1 is 0.857 bits per heavy atom. The maximum atomic E-state index is 12.8. The third kappa shape index (κ3) is 10.5. The number of carboxylic acids is 2. The Bertz CT molecular complexity index is 949. The predicted molar refractivity (Wildman–Crippen MR) is 120 cm³/mol. The first-order valence-electron chi connectivity index (χ1n) is 10.5. The van der Waals surface area contributed by atoms with Gasteiger partial charge in [0.15, 0.2) is 0 Å². The molecule has 0 aliphatic carbocycles. The van der Waals surface area contributed by atoms with Crippen LogP contribution < -0.4 is 27.4 Å². The quantitative estimate of drug-likeness (QED) is 0.135. The average Bonchev–Trinajstić information content (AvgIpc) is 2.76. The summed E-state index contributed by atoms with van der Waals surface area (Å²) < 4.78 is 0. The van der Waals surface area contributed by atoms with Crippen LogP contribution in [0, 0.1) is 0 Å². The highest BCUT2D eigenvalue weighted by molar-refractivity contribution is 5.96. The van der Waals surface area contributed by atoms with Gasteiger partial charge in [-0.1, -0.05) is 12.1 Å². The topological polar surface area (TPSA) is 251 Å². The summed E-state index contributed by atoms with van der Waals surface area (Å²) in [5.41, 5.74) is 11.1.